The molecular formula is C19H26N4O3. The number of hydrogen-bond acceptors (Lipinski definition) is 5. The van der Waals surface area contributed by atoms with E-state index in [1.54, 1.807) is 4.57 Å². The molecule has 2 aromatic rings. The molecule has 1 aromatic heterocycles. The smallest absolute Gasteiger partial charge is 0.294 e. The largest absolute Gasteiger partial charge is 0.378 e. The highest BCUT2D eigenvalue weighted by molar-refractivity contribution is 5.78. The number of carbonyl (C=O) groups excluding carboxylic acids is 1. The molecule has 7 heteroatoms. The molecule has 0 radical (unpaired) electrons. The second-order valence-corrected chi connectivity index (χ2v) is 6.93. The van der Waals surface area contributed by atoms with Gasteiger partial charge < -0.3 is 19.5 Å². The Morgan fingerprint density at radius 1 is 1.27 bits per heavy atom. The molecule has 1 aromatic carbocycles. The molecule has 140 valence electrons. The molecule has 1 saturated heterocycles. The first-order chi connectivity index (χ1) is 12.6. The number of rotatable bonds is 6. The minimum Gasteiger partial charge on any atom is -0.378 e. The lowest BCUT2D eigenvalue weighted by molar-refractivity contribution is -0.121. The maximum Gasteiger partial charge on any atom is 0.294 e. The number of anilines is 1. The van der Waals surface area contributed by atoms with E-state index in [2.05, 4.69) is 24.1 Å². The summed E-state index contributed by atoms with van der Waals surface area (Å²) in [6.45, 7) is 7.56. The number of nitrogens with one attached hydrogen (secondary N) is 1. The van der Waals surface area contributed by atoms with Crippen molar-refractivity contribution in [1.29, 1.82) is 0 Å². The number of aryl methyl sites for hydroxylation is 1. The summed E-state index contributed by atoms with van der Waals surface area (Å²) >= 11 is 0. The molecule has 1 aliphatic rings. The molecule has 2 heterocycles. The van der Waals surface area contributed by atoms with Crippen LogP contribution in [0.4, 0.5) is 5.82 Å². The fourth-order valence-corrected chi connectivity index (χ4v) is 3.00. The van der Waals surface area contributed by atoms with Gasteiger partial charge in [0.15, 0.2) is 5.82 Å². The predicted octanol–water partition coefficient (Wildman–Crippen LogP) is 1.40. The molecule has 0 aliphatic carbocycles. The van der Waals surface area contributed by atoms with Crippen molar-refractivity contribution in [3.05, 3.63) is 34.6 Å². The van der Waals surface area contributed by atoms with Crippen LogP contribution in [0, 0.1) is 5.92 Å². The molecular weight excluding hydrogens is 332 g/mol. The second-order valence-electron chi connectivity index (χ2n) is 6.93. The van der Waals surface area contributed by atoms with E-state index in [0.29, 0.717) is 51.1 Å². The van der Waals surface area contributed by atoms with Gasteiger partial charge >= 0.3 is 0 Å². The van der Waals surface area contributed by atoms with Crippen molar-refractivity contribution in [2.45, 2.75) is 26.8 Å². The lowest BCUT2D eigenvalue weighted by Crippen LogP contribution is -2.41. The monoisotopic (exact) mass is 358 g/mol. The first-order valence-corrected chi connectivity index (χ1v) is 9.15. The van der Waals surface area contributed by atoms with Crippen LogP contribution >= 0.6 is 0 Å². The SMILES string of the molecule is CC(C)CNC(=O)CCn1c(=O)c(N2CCOCC2)nc2ccccc21. The number of para-hydroxylation sites is 2. The van der Waals surface area contributed by atoms with E-state index in [1.165, 1.54) is 0 Å². The third-order valence-corrected chi connectivity index (χ3v) is 4.42. The number of ether oxygens (including phenoxy) is 1. The number of morpholine rings is 1. The van der Waals surface area contributed by atoms with Crippen molar-refractivity contribution in [3.63, 3.8) is 0 Å². The van der Waals surface area contributed by atoms with E-state index >= 15 is 0 Å². The zero-order valence-corrected chi connectivity index (χ0v) is 15.4. The molecule has 0 spiro atoms. The third-order valence-electron chi connectivity index (χ3n) is 4.42. The van der Waals surface area contributed by atoms with E-state index < -0.39 is 0 Å². The van der Waals surface area contributed by atoms with Crippen molar-refractivity contribution >= 4 is 22.8 Å². The Labute approximate surface area is 153 Å². The van der Waals surface area contributed by atoms with Crippen LogP contribution in [0.25, 0.3) is 11.0 Å². The first kappa shape index (κ1) is 18.4. The van der Waals surface area contributed by atoms with Crippen molar-refractivity contribution < 1.29 is 9.53 Å². The van der Waals surface area contributed by atoms with E-state index in [4.69, 9.17) is 4.74 Å². The average Bonchev–Trinajstić information content (AvgIpc) is 2.66. The van der Waals surface area contributed by atoms with Gasteiger partial charge in [-0.15, -0.1) is 0 Å². The number of nitrogens with zero attached hydrogens (tertiary/aromatic N) is 3. The standard InChI is InChI=1S/C19H26N4O3/c1-14(2)13-20-17(24)7-8-23-16-6-4-3-5-15(16)21-18(19(23)25)22-9-11-26-12-10-22/h3-6,14H,7-13H2,1-2H3,(H,20,24). The number of fused-ring (bicyclic) bond motifs is 1. The van der Waals surface area contributed by atoms with Crippen molar-refractivity contribution in [3.8, 4) is 0 Å². The van der Waals surface area contributed by atoms with Crippen LogP contribution in [0.1, 0.15) is 20.3 Å². The Kier molecular flexibility index (Phi) is 5.88. The Balaban J connectivity index is 1.88. The highest BCUT2D eigenvalue weighted by atomic mass is 16.5. The van der Waals surface area contributed by atoms with Gasteiger partial charge in [-0.3, -0.25) is 9.59 Å². The van der Waals surface area contributed by atoms with Crippen LogP contribution in [0.15, 0.2) is 29.1 Å². The normalized spacial score (nSPS) is 14.8. The quantitative estimate of drug-likeness (QED) is 0.845. The van der Waals surface area contributed by atoms with Crippen LogP contribution in [-0.2, 0) is 16.1 Å². The van der Waals surface area contributed by atoms with E-state index in [1.807, 2.05) is 29.2 Å². The Hall–Kier alpha value is -2.41. The summed E-state index contributed by atoms with van der Waals surface area (Å²) < 4.78 is 7.04. The molecule has 1 aliphatic heterocycles. The molecule has 26 heavy (non-hydrogen) atoms. The number of hydrogen-bond donors (Lipinski definition) is 1. The molecule has 0 unspecified atom stereocenters. The summed E-state index contributed by atoms with van der Waals surface area (Å²) in [7, 11) is 0. The summed E-state index contributed by atoms with van der Waals surface area (Å²) in [4.78, 5) is 31.7. The van der Waals surface area contributed by atoms with Gasteiger partial charge in [0.1, 0.15) is 0 Å². The van der Waals surface area contributed by atoms with Crippen molar-refractivity contribution in [2.24, 2.45) is 5.92 Å². The van der Waals surface area contributed by atoms with E-state index in [9.17, 15) is 9.59 Å². The highest BCUT2D eigenvalue weighted by Gasteiger charge is 2.19. The number of aromatic nitrogens is 2. The van der Waals surface area contributed by atoms with Gasteiger partial charge in [0.2, 0.25) is 5.91 Å². The zero-order valence-electron chi connectivity index (χ0n) is 15.4. The average molecular weight is 358 g/mol. The highest BCUT2D eigenvalue weighted by Crippen LogP contribution is 2.15. The summed E-state index contributed by atoms with van der Waals surface area (Å²) in [6.07, 6.45) is 0.267. The molecule has 1 N–H and O–H groups in total. The van der Waals surface area contributed by atoms with Gasteiger partial charge in [0.25, 0.3) is 5.56 Å². The van der Waals surface area contributed by atoms with Gasteiger partial charge in [0.05, 0.1) is 24.2 Å². The van der Waals surface area contributed by atoms with Gasteiger partial charge in [-0.1, -0.05) is 26.0 Å². The van der Waals surface area contributed by atoms with Gasteiger partial charge in [-0.05, 0) is 18.1 Å². The van der Waals surface area contributed by atoms with Crippen molar-refractivity contribution in [1.82, 2.24) is 14.9 Å². The third kappa shape index (κ3) is 4.22. The first-order valence-electron chi connectivity index (χ1n) is 9.15. The fourth-order valence-electron chi connectivity index (χ4n) is 3.00. The number of benzene rings is 1. The van der Waals surface area contributed by atoms with E-state index in [-0.39, 0.29) is 17.9 Å². The zero-order chi connectivity index (χ0) is 18.5. The molecule has 0 saturated carbocycles. The molecule has 1 fully saturated rings. The minimum atomic E-state index is -0.151. The lowest BCUT2D eigenvalue weighted by atomic mass is 10.2. The second kappa shape index (κ2) is 8.31. The fraction of sp³-hybridized carbons (Fsp3) is 0.526. The Morgan fingerprint density at radius 2 is 2.00 bits per heavy atom. The number of amides is 1. The summed E-state index contributed by atoms with van der Waals surface area (Å²) in [5.41, 5.74) is 1.37. The molecule has 0 bridgehead atoms. The van der Waals surface area contributed by atoms with E-state index in [0.717, 1.165) is 11.0 Å². The van der Waals surface area contributed by atoms with Crippen LogP contribution in [0.2, 0.25) is 0 Å². The number of carbonyl (C=O) groups is 1. The summed E-state index contributed by atoms with van der Waals surface area (Å²) in [5.74, 6) is 0.797. The Morgan fingerprint density at radius 3 is 2.73 bits per heavy atom. The van der Waals surface area contributed by atoms with Crippen molar-refractivity contribution in [2.75, 3.05) is 37.7 Å². The summed E-state index contributed by atoms with van der Waals surface area (Å²) in [5, 5.41) is 2.90. The Bertz CT molecular complexity index is 825. The summed E-state index contributed by atoms with van der Waals surface area (Å²) in [6, 6.07) is 7.56. The topological polar surface area (TPSA) is 76.5 Å². The maximum absolute atomic E-state index is 13.0. The van der Waals surface area contributed by atoms with Crippen LogP contribution in [-0.4, -0.2) is 48.3 Å². The van der Waals surface area contributed by atoms with Crippen LogP contribution in [0.5, 0.6) is 0 Å². The molecule has 0 atom stereocenters. The van der Waals surface area contributed by atoms with Crippen LogP contribution < -0.4 is 15.8 Å². The minimum absolute atomic E-state index is 0.0422. The molecule has 3 rings (SSSR count). The van der Waals surface area contributed by atoms with Gasteiger partial charge in [0, 0.05) is 32.6 Å². The predicted molar refractivity (Wildman–Crippen MR) is 101 cm³/mol. The molecule has 7 nitrogen and oxygen atoms in total. The lowest BCUT2D eigenvalue weighted by Gasteiger charge is -2.28. The molecule has 1 amide bonds. The van der Waals surface area contributed by atoms with Gasteiger partial charge in [-0.2, -0.15) is 0 Å². The van der Waals surface area contributed by atoms with Gasteiger partial charge in [-0.25, -0.2) is 4.98 Å². The van der Waals surface area contributed by atoms with Crippen LogP contribution in [0.3, 0.4) is 0 Å². The maximum atomic E-state index is 13.0.